The lowest BCUT2D eigenvalue weighted by atomic mass is 10.1. The third-order valence-corrected chi connectivity index (χ3v) is 3.38. The highest BCUT2D eigenvalue weighted by Crippen LogP contribution is 2.19. The first-order valence-corrected chi connectivity index (χ1v) is 7.10. The number of aromatic nitrogens is 2. The lowest BCUT2D eigenvalue weighted by Gasteiger charge is -2.07. The van der Waals surface area contributed by atoms with E-state index in [2.05, 4.69) is 15.3 Å². The molecule has 1 aromatic carbocycles. The molecule has 1 amide bonds. The van der Waals surface area contributed by atoms with Gasteiger partial charge < -0.3 is 5.32 Å². The molecule has 0 aliphatic heterocycles. The van der Waals surface area contributed by atoms with Gasteiger partial charge in [0.25, 0.3) is 5.91 Å². The van der Waals surface area contributed by atoms with Crippen LogP contribution in [0.2, 0.25) is 0 Å². The van der Waals surface area contributed by atoms with E-state index >= 15 is 0 Å². The van der Waals surface area contributed by atoms with Crippen molar-refractivity contribution in [2.75, 3.05) is 0 Å². The fourth-order valence-corrected chi connectivity index (χ4v) is 2.15. The van der Waals surface area contributed by atoms with Gasteiger partial charge in [-0.1, -0.05) is 19.6 Å². The van der Waals surface area contributed by atoms with E-state index in [-0.39, 0.29) is 19.2 Å². The Bertz CT molecular complexity index is 804. The third-order valence-electron chi connectivity index (χ3n) is 3.38. The van der Waals surface area contributed by atoms with E-state index in [4.69, 9.17) is 0 Å². The molecule has 0 spiro atoms. The predicted octanol–water partition coefficient (Wildman–Crippen LogP) is 3.85. The highest BCUT2D eigenvalue weighted by molar-refractivity contribution is 5.95. The molecule has 2 heterocycles. The van der Waals surface area contributed by atoms with E-state index in [1.54, 1.807) is 36.8 Å². The zero-order valence-corrected chi connectivity index (χ0v) is 12.2. The van der Waals surface area contributed by atoms with Crippen LogP contribution in [0.1, 0.15) is 23.3 Å². The molecule has 0 atom stereocenters. The van der Waals surface area contributed by atoms with Crippen LogP contribution in [0.4, 0.5) is 4.39 Å². The van der Waals surface area contributed by atoms with Crippen LogP contribution in [0.15, 0.2) is 67.3 Å². The van der Waals surface area contributed by atoms with E-state index < -0.39 is 0 Å². The molecule has 24 heavy (non-hydrogen) atoms. The van der Waals surface area contributed by atoms with Crippen molar-refractivity contribution < 1.29 is 9.18 Å². The van der Waals surface area contributed by atoms with Crippen molar-refractivity contribution in [2.45, 2.75) is 14.0 Å². The SMILES string of the molecule is C.O=C(NCc1ccncc1)c1cncc(-c2ccc(F)cc2)c1. The molecule has 3 rings (SSSR count). The van der Waals surface area contributed by atoms with E-state index in [9.17, 15) is 9.18 Å². The van der Waals surface area contributed by atoms with E-state index in [1.165, 1.54) is 18.3 Å². The van der Waals surface area contributed by atoms with Crippen LogP contribution in [0, 0.1) is 5.82 Å². The van der Waals surface area contributed by atoms with Gasteiger partial charge in [-0.05, 0) is 41.5 Å². The Hall–Kier alpha value is -3.08. The van der Waals surface area contributed by atoms with Crippen molar-refractivity contribution in [3.05, 3.63) is 84.2 Å². The summed E-state index contributed by atoms with van der Waals surface area (Å²) in [5.74, 6) is -0.508. The molecule has 5 heteroatoms. The molecule has 3 aromatic rings. The fraction of sp³-hybridized carbons (Fsp3) is 0.105. The molecule has 0 saturated carbocycles. The number of rotatable bonds is 4. The number of nitrogens with one attached hydrogen (secondary N) is 1. The first-order chi connectivity index (χ1) is 11.2. The van der Waals surface area contributed by atoms with Gasteiger partial charge in [-0.2, -0.15) is 0 Å². The number of nitrogens with zero attached hydrogens (tertiary/aromatic N) is 2. The molecule has 0 radical (unpaired) electrons. The Morgan fingerprint density at radius 2 is 1.67 bits per heavy atom. The van der Waals surface area contributed by atoms with Gasteiger partial charge in [-0.15, -0.1) is 0 Å². The zero-order valence-electron chi connectivity index (χ0n) is 12.2. The average Bonchev–Trinajstić information content (AvgIpc) is 2.61. The van der Waals surface area contributed by atoms with Gasteiger partial charge >= 0.3 is 0 Å². The average molecular weight is 323 g/mol. The maximum atomic E-state index is 13.0. The third kappa shape index (κ3) is 4.23. The highest BCUT2D eigenvalue weighted by atomic mass is 19.1. The monoisotopic (exact) mass is 323 g/mol. The molecule has 0 aliphatic rings. The molecule has 0 bridgehead atoms. The van der Waals surface area contributed by atoms with Gasteiger partial charge in [0.1, 0.15) is 5.82 Å². The second-order valence-electron chi connectivity index (χ2n) is 5.01. The second-order valence-corrected chi connectivity index (χ2v) is 5.01. The van der Waals surface area contributed by atoms with Crippen LogP contribution >= 0.6 is 0 Å². The number of pyridine rings is 2. The Balaban J connectivity index is 0.00000208. The van der Waals surface area contributed by atoms with Crippen LogP contribution in [0.5, 0.6) is 0 Å². The van der Waals surface area contributed by atoms with E-state index in [0.717, 1.165) is 16.7 Å². The standard InChI is InChI=1S/C18H14FN3O.CH4/c19-17-3-1-14(2-4-17)15-9-16(12-21-11-15)18(23)22-10-13-5-7-20-8-6-13;/h1-9,11-12H,10H2,(H,22,23);1H4. The molecule has 0 saturated heterocycles. The Morgan fingerprint density at radius 3 is 2.38 bits per heavy atom. The number of hydrogen-bond acceptors (Lipinski definition) is 3. The summed E-state index contributed by atoms with van der Waals surface area (Å²) >= 11 is 0. The van der Waals surface area contributed by atoms with Crippen LogP contribution in [0.3, 0.4) is 0 Å². The summed E-state index contributed by atoms with van der Waals surface area (Å²) in [5.41, 5.74) is 3.00. The Kier molecular flexibility index (Phi) is 5.73. The minimum absolute atomic E-state index is 0. The molecule has 122 valence electrons. The van der Waals surface area contributed by atoms with Gasteiger partial charge in [0.15, 0.2) is 0 Å². The molecular weight excluding hydrogens is 305 g/mol. The molecule has 0 aliphatic carbocycles. The molecule has 2 aromatic heterocycles. The second kappa shape index (κ2) is 7.97. The summed E-state index contributed by atoms with van der Waals surface area (Å²) in [4.78, 5) is 20.3. The van der Waals surface area contributed by atoms with Crippen molar-refractivity contribution in [3.8, 4) is 11.1 Å². The normalized spacial score (nSPS) is 9.88. The number of amides is 1. The quantitative estimate of drug-likeness (QED) is 0.793. The number of hydrogen-bond donors (Lipinski definition) is 1. The molecule has 1 N–H and O–H groups in total. The van der Waals surface area contributed by atoms with E-state index in [0.29, 0.717) is 12.1 Å². The lowest BCUT2D eigenvalue weighted by Crippen LogP contribution is -2.22. The topological polar surface area (TPSA) is 54.9 Å². The van der Waals surface area contributed by atoms with Crippen LogP contribution in [-0.2, 0) is 6.54 Å². The summed E-state index contributed by atoms with van der Waals surface area (Å²) < 4.78 is 13.0. The Morgan fingerprint density at radius 1 is 0.958 bits per heavy atom. The van der Waals surface area contributed by atoms with Gasteiger partial charge in [-0.25, -0.2) is 4.39 Å². The summed E-state index contributed by atoms with van der Waals surface area (Å²) in [5, 5.41) is 2.84. The zero-order chi connectivity index (χ0) is 16.1. The van der Waals surface area contributed by atoms with Crippen LogP contribution in [-0.4, -0.2) is 15.9 Å². The minimum atomic E-state index is -0.298. The van der Waals surface area contributed by atoms with Crippen LogP contribution in [0.25, 0.3) is 11.1 Å². The van der Waals surface area contributed by atoms with Crippen molar-refractivity contribution >= 4 is 5.91 Å². The minimum Gasteiger partial charge on any atom is -0.348 e. The largest absolute Gasteiger partial charge is 0.348 e. The molecule has 0 unspecified atom stereocenters. The summed E-state index contributed by atoms with van der Waals surface area (Å²) in [6.45, 7) is 0.419. The van der Waals surface area contributed by atoms with Gasteiger partial charge in [-0.3, -0.25) is 14.8 Å². The number of carbonyl (C=O) groups excluding carboxylic acids is 1. The number of carbonyl (C=O) groups is 1. The number of benzene rings is 1. The van der Waals surface area contributed by atoms with Crippen molar-refractivity contribution in [1.82, 2.24) is 15.3 Å². The molecular formula is C19H18FN3O. The fourth-order valence-electron chi connectivity index (χ4n) is 2.15. The lowest BCUT2D eigenvalue weighted by molar-refractivity contribution is 0.0950. The predicted molar refractivity (Wildman–Crippen MR) is 91.8 cm³/mol. The molecule has 0 fully saturated rings. The van der Waals surface area contributed by atoms with E-state index in [1.807, 2.05) is 12.1 Å². The Labute approximate surface area is 140 Å². The van der Waals surface area contributed by atoms with Crippen molar-refractivity contribution in [1.29, 1.82) is 0 Å². The van der Waals surface area contributed by atoms with Crippen LogP contribution < -0.4 is 5.32 Å². The van der Waals surface area contributed by atoms with Gasteiger partial charge in [0, 0.05) is 36.9 Å². The number of halogens is 1. The highest BCUT2D eigenvalue weighted by Gasteiger charge is 2.08. The van der Waals surface area contributed by atoms with Crippen molar-refractivity contribution in [3.63, 3.8) is 0 Å². The first kappa shape index (κ1) is 17.3. The van der Waals surface area contributed by atoms with Crippen molar-refractivity contribution in [2.24, 2.45) is 0 Å². The van der Waals surface area contributed by atoms with Gasteiger partial charge in [0.2, 0.25) is 0 Å². The summed E-state index contributed by atoms with van der Waals surface area (Å²) in [7, 11) is 0. The van der Waals surface area contributed by atoms with Gasteiger partial charge in [0.05, 0.1) is 5.56 Å². The maximum absolute atomic E-state index is 13.0. The summed E-state index contributed by atoms with van der Waals surface area (Å²) in [6, 6.07) is 11.5. The summed E-state index contributed by atoms with van der Waals surface area (Å²) in [6.07, 6.45) is 6.51. The first-order valence-electron chi connectivity index (χ1n) is 7.10. The maximum Gasteiger partial charge on any atom is 0.253 e. The molecule has 4 nitrogen and oxygen atoms in total. The smallest absolute Gasteiger partial charge is 0.253 e.